The van der Waals surface area contributed by atoms with Gasteiger partial charge >= 0.3 is 0 Å². The number of aliphatic hydroxyl groups is 1. The van der Waals surface area contributed by atoms with Crippen LogP contribution in [-0.4, -0.2) is 29.1 Å². The first-order valence-electron chi connectivity index (χ1n) is 9.63. The highest BCUT2D eigenvalue weighted by atomic mass is 19.1. The molecule has 1 fully saturated rings. The molecule has 3 aromatic rings. The summed E-state index contributed by atoms with van der Waals surface area (Å²) >= 11 is 0. The fraction of sp³-hybridized carbons (Fsp3) is 0.318. The number of aliphatic hydroxyl groups excluding tert-OH is 1. The average Bonchev–Trinajstić information content (AvgIpc) is 3.01. The summed E-state index contributed by atoms with van der Waals surface area (Å²) in [6.45, 7) is 0.432. The van der Waals surface area contributed by atoms with E-state index >= 15 is 0 Å². The maximum atomic E-state index is 14.4. The predicted molar refractivity (Wildman–Crippen MR) is 104 cm³/mol. The van der Waals surface area contributed by atoms with E-state index in [0.29, 0.717) is 42.5 Å². The van der Waals surface area contributed by atoms with E-state index in [1.165, 1.54) is 18.2 Å². The molecule has 0 unspecified atom stereocenters. The molecule has 1 saturated carbocycles. The van der Waals surface area contributed by atoms with Crippen molar-refractivity contribution < 1.29 is 23.1 Å². The maximum Gasteiger partial charge on any atom is 0.223 e. The molecule has 0 aliphatic heterocycles. The monoisotopic (exact) mass is 402 g/mol. The van der Waals surface area contributed by atoms with Gasteiger partial charge in [0.25, 0.3) is 0 Å². The molecule has 29 heavy (non-hydrogen) atoms. The lowest BCUT2D eigenvalue weighted by Gasteiger charge is -2.35. The van der Waals surface area contributed by atoms with Crippen molar-refractivity contribution in [1.29, 1.82) is 0 Å². The second-order valence-corrected chi connectivity index (χ2v) is 7.46. The van der Waals surface area contributed by atoms with E-state index < -0.39 is 11.6 Å². The average molecular weight is 402 g/mol. The van der Waals surface area contributed by atoms with Crippen LogP contribution in [0, 0.1) is 23.4 Å². The lowest BCUT2D eigenvalue weighted by Crippen LogP contribution is -2.38. The van der Waals surface area contributed by atoms with Gasteiger partial charge < -0.3 is 15.4 Å². The third-order valence-electron chi connectivity index (χ3n) is 5.55. The van der Waals surface area contributed by atoms with Gasteiger partial charge in [0, 0.05) is 30.5 Å². The molecule has 0 bridgehead atoms. The number of halogens is 3. The minimum Gasteiger partial charge on any atom is -0.396 e. The summed E-state index contributed by atoms with van der Waals surface area (Å²) < 4.78 is 41.6. The summed E-state index contributed by atoms with van der Waals surface area (Å²) in [5.41, 5.74) is 2.25. The molecule has 1 heterocycles. The van der Waals surface area contributed by atoms with Gasteiger partial charge in [0.1, 0.15) is 17.5 Å². The SMILES string of the molecule is O=C(NCCCO)C1CC(c2c(-c3ccc(F)cc3)[nH]c3c(F)cc(F)cc23)C1. The number of aromatic amines is 1. The zero-order valence-electron chi connectivity index (χ0n) is 15.6. The molecule has 4 nitrogen and oxygen atoms in total. The van der Waals surface area contributed by atoms with Crippen LogP contribution in [0.1, 0.15) is 30.7 Å². The molecule has 0 saturated heterocycles. The third-order valence-corrected chi connectivity index (χ3v) is 5.55. The normalized spacial score (nSPS) is 18.6. The molecule has 3 N–H and O–H groups in total. The molecule has 1 aliphatic carbocycles. The molecule has 1 aromatic heterocycles. The highest BCUT2D eigenvalue weighted by molar-refractivity contribution is 5.92. The van der Waals surface area contributed by atoms with E-state index in [4.69, 9.17) is 5.11 Å². The van der Waals surface area contributed by atoms with Crippen molar-refractivity contribution in [1.82, 2.24) is 10.3 Å². The maximum absolute atomic E-state index is 14.4. The Morgan fingerprint density at radius 2 is 1.83 bits per heavy atom. The van der Waals surface area contributed by atoms with Gasteiger partial charge in [-0.1, -0.05) is 0 Å². The van der Waals surface area contributed by atoms with Crippen LogP contribution < -0.4 is 5.32 Å². The van der Waals surface area contributed by atoms with E-state index in [0.717, 1.165) is 11.6 Å². The van der Waals surface area contributed by atoms with Gasteiger partial charge in [-0.05, 0) is 66.6 Å². The van der Waals surface area contributed by atoms with Gasteiger partial charge in [0.15, 0.2) is 0 Å². The number of nitrogens with one attached hydrogen (secondary N) is 2. The number of benzene rings is 2. The predicted octanol–water partition coefficient (Wildman–Crippen LogP) is 4.24. The van der Waals surface area contributed by atoms with Gasteiger partial charge in [0.05, 0.1) is 11.2 Å². The number of aromatic nitrogens is 1. The summed E-state index contributed by atoms with van der Waals surface area (Å²) in [5, 5.41) is 12.1. The molecule has 0 radical (unpaired) electrons. The van der Waals surface area contributed by atoms with Crippen molar-refractivity contribution in [3.8, 4) is 11.3 Å². The number of carbonyl (C=O) groups excluding carboxylic acids is 1. The molecule has 0 spiro atoms. The zero-order valence-corrected chi connectivity index (χ0v) is 15.6. The number of H-pyrrole nitrogens is 1. The summed E-state index contributed by atoms with van der Waals surface area (Å²) in [6, 6.07) is 7.95. The molecule has 2 aromatic carbocycles. The summed E-state index contributed by atoms with van der Waals surface area (Å²) in [6.07, 6.45) is 1.62. The first kappa shape index (κ1) is 19.5. The van der Waals surface area contributed by atoms with Gasteiger partial charge in [-0.15, -0.1) is 0 Å². The van der Waals surface area contributed by atoms with Crippen molar-refractivity contribution in [2.75, 3.05) is 13.2 Å². The molecular formula is C22H21F3N2O2. The quantitative estimate of drug-likeness (QED) is 0.540. The van der Waals surface area contributed by atoms with Crippen molar-refractivity contribution in [3.63, 3.8) is 0 Å². The lowest BCUT2D eigenvalue weighted by atomic mass is 9.70. The Labute approximate surface area is 165 Å². The number of fused-ring (bicyclic) bond motifs is 1. The minimum atomic E-state index is -0.688. The van der Waals surface area contributed by atoms with Crippen LogP contribution in [-0.2, 0) is 4.79 Å². The van der Waals surface area contributed by atoms with Crippen LogP contribution >= 0.6 is 0 Å². The van der Waals surface area contributed by atoms with Gasteiger partial charge in [0.2, 0.25) is 5.91 Å². The molecular weight excluding hydrogens is 381 g/mol. The second kappa shape index (κ2) is 7.91. The Balaban J connectivity index is 1.67. The zero-order chi connectivity index (χ0) is 20.5. The van der Waals surface area contributed by atoms with E-state index in [1.54, 1.807) is 12.1 Å². The molecule has 1 aliphatic rings. The number of amides is 1. The number of hydrogen-bond acceptors (Lipinski definition) is 2. The summed E-state index contributed by atoms with van der Waals surface area (Å²) in [5.74, 6) is -2.03. The Kier molecular flexibility index (Phi) is 5.32. The van der Waals surface area contributed by atoms with E-state index in [1.807, 2.05) is 0 Å². The standard InChI is InChI=1S/C22H21F3N2O2/c23-15-4-2-12(3-5-15)20-19(17-10-16(24)11-18(25)21(17)27-20)13-8-14(9-13)22(29)26-6-1-7-28/h2-5,10-11,13-14,27-28H,1,6-9H2,(H,26,29). The summed E-state index contributed by atoms with van der Waals surface area (Å²) in [4.78, 5) is 15.3. The van der Waals surface area contributed by atoms with Gasteiger partial charge in [-0.2, -0.15) is 0 Å². The topological polar surface area (TPSA) is 65.1 Å². The van der Waals surface area contributed by atoms with E-state index in [-0.39, 0.29) is 35.7 Å². The Morgan fingerprint density at radius 3 is 2.52 bits per heavy atom. The van der Waals surface area contributed by atoms with Crippen LogP contribution in [0.2, 0.25) is 0 Å². The molecule has 0 atom stereocenters. The Hall–Kier alpha value is -2.80. The molecule has 1 amide bonds. The van der Waals surface area contributed by atoms with Crippen molar-refractivity contribution >= 4 is 16.8 Å². The smallest absolute Gasteiger partial charge is 0.223 e. The molecule has 4 rings (SSSR count). The number of rotatable bonds is 6. The first-order valence-corrected chi connectivity index (χ1v) is 9.63. The fourth-order valence-corrected chi connectivity index (χ4v) is 4.01. The van der Waals surface area contributed by atoms with Crippen LogP contribution in [0.25, 0.3) is 22.2 Å². The van der Waals surface area contributed by atoms with Crippen molar-refractivity contribution in [3.05, 3.63) is 59.4 Å². The largest absolute Gasteiger partial charge is 0.396 e. The highest BCUT2D eigenvalue weighted by Gasteiger charge is 2.38. The molecule has 152 valence electrons. The van der Waals surface area contributed by atoms with Crippen LogP contribution in [0.15, 0.2) is 36.4 Å². The van der Waals surface area contributed by atoms with E-state index in [9.17, 15) is 18.0 Å². The first-order chi connectivity index (χ1) is 14.0. The highest BCUT2D eigenvalue weighted by Crippen LogP contribution is 2.48. The molecule has 7 heteroatoms. The second-order valence-electron chi connectivity index (χ2n) is 7.46. The van der Waals surface area contributed by atoms with Crippen LogP contribution in [0.4, 0.5) is 13.2 Å². The minimum absolute atomic E-state index is 0.0149. The number of carbonyl (C=O) groups is 1. The van der Waals surface area contributed by atoms with Crippen molar-refractivity contribution in [2.45, 2.75) is 25.2 Å². The fourth-order valence-electron chi connectivity index (χ4n) is 4.01. The van der Waals surface area contributed by atoms with Gasteiger partial charge in [-0.25, -0.2) is 13.2 Å². The third kappa shape index (κ3) is 3.74. The summed E-state index contributed by atoms with van der Waals surface area (Å²) in [7, 11) is 0. The van der Waals surface area contributed by atoms with E-state index in [2.05, 4.69) is 10.3 Å². The Morgan fingerprint density at radius 1 is 1.10 bits per heavy atom. The van der Waals surface area contributed by atoms with Crippen LogP contribution in [0.5, 0.6) is 0 Å². The van der Waals surface area contributed by atoms with Gasteiger partial charge in [-0.3, -0.25) is 4.79 Å². The van der Waals surface area contributed by atoms with Crippen molar-refractivity contribution in [2.24, 2.45) is 5.92 Å². The Bertz CT molecular complexity index is 1040. The lowest BCUT2D eigenvalue weighted by molar-refractivity contribution is -0.127. The number of hydrogen-bond donors (Lipinski definition) is 3. The van der Waals surface area contributed by atoms with Crippen LogP contribution in [0.3, 0.4) is 0 Å².